The van der Waals surface area contributed by atoms with Gasteiger partial charge in [-0.3, -0.25) is 0 Å². The van der Waals surface area contributed by atoms with Crippen molar-refractivity contribution < 1.29 is 4.57 Å². The minimum Gasteiger partial charge on any atom is -0.247 e. The van der Waals surface area contributed by atoms with Gasteiger partial charge in [0.2, 0.25) is 0 Å². The molecule has 0 radical (unpaired) electrons. The summed E-state index contributed by atoms with van der Waals surface area (Å²) in [5.74, 6) is 2.83. The highest BCUT2D eigenvalue weighted by Crippen LogP contribution is 2.28. The smallest absolute Gasteiger partial charge is 0.247 e. The molecule has 1 aromatic heterocycles. The van der Waals surface area contributed by atoms with Crippen molar-refractivity contribution in [3.8, 4) is 0 Å². The summed E-state index contributed by atoms with van der Waals surface area (Å²) in [5.41, 5.74) is 0. The monoisotopic (exact) mass is 349 g/mol. The van der Waals surface area contributed by atoms with Gasteiger partial charge in [-0.25, -0.2) is 9.55 Å². The molecule has 0 aromatic carbocycles. The van der Waals surface area contributed by atoms with Gasteiger partial charge >= 0.3 is 0 Å². The van der Waals surface area contributed by atoms with E-state index in [4.69, 9.17) is 0 Å². The van der Waals surface area contributed by atoms with Crippen LogP contribution in [0, 0.1) is 5.92 Å². The standard InChI is InChI=1S/C23H44N2/c1-6-8-10-11-12-13-15-16-21(5)25-19-18-24-23(25)22(20(3)4)17-14-9-7-2/h18-22H,6-17H2,1-5H3/p+1. The first-order chi connectivity index (χ1) is 12.1. The zero-order valence-corrected chi connectivity index (χ0v) is 17.8. The van der Waals surface area contributed by atoms with Crippen LogP contribution in [0.25, 0.3) is 0 Å². The fourth-order valence-corrected chi connectivity index (χ4v) is 3.98. The third kappa shape index (κ3) is 8.42. The summed E-state index contributed by atoms with van der Waals surface area (Å²) >= 11 is 0. The molecule has 0 spiro atoms. The highest BCUT2D eigenvalue weighted by molar-refractivity contribution is 4.92. The van der Waals surface area contributed by atoms with Gasteiger partial charge < -0.3 is 0 Å². The highest BCUT2D eigenvalue weighted by atomic mass is 15.1. The fourth-order valence-electron chi connectivity index (χ4n) is 3.98. The molecule has 2 atom stereocenters. The number of hydrogen-bond donors (Lipinski definition) is 1. The fraction of sp³-hybridized carbons (Fsp3) is 0.870. The molecule has 0 amide bonds. The van der Waals surface area contributed by atoms with Crippen molar-refractivity contribution in [3.63, 3.8) is 0 Å². The molecule has 0 saturated heterocycles. The van der Waals surface area contributed by atoms with Crippen LogP contribution in [0.4, 0.5) is 0 Å². The van der Waals surface area contributed by atoms with Gasteiger partial charge in [-0.05, 0) is 32.1 Å². The molecule has 2 unspecified atom stereocenters. The van der Waals surface area contributed by atoms with Gasteiger partial charge in [0, 0.05) is 0 Å². The quantitative estimate of drug-likeness (QED) is 0.253. The topological polar surface area (TPSA) is 19.7 Å². The second-order valence-corrected chi connectivity index (χ2v) is 8.36. The van der Waals surface area contributed by atoms with E-state index in [2.05, 4.69) is 56.6 Å². The Morgan fingerprint density at radius 2 is 1.36 bits per heavy atom. The van der Waals surface area contributed by atoms with Crippen LogP contribution in [-0.4, -0.2) is 4.98 Å². The number of aromatic nitrogens is 2. The third-order valence-corrected chi connectivity index (χ3v) is 5.72. The third-order valence-electron chi connectivity index (χ3n) is 5.72. The van der Waals surface area contributed by atoms with Gasteiger partial charge in [-0.2, -0.15) is 0 Å². The summed E-state index contributed by atoms with van der Waals surface area (Å²) in [6, 6.07) is 0.615. The molecule has 1 rings (SSSR count). The Hall–Kier alpha value is -0.790. The molecule has 1 heterocycles. The van der Waals surface area contributed by atoms with Crippen molar-refractivity contribution in [1.29, 1.82) is 0 Å². The van der Waals surface area contributed by atoms with Crippen molar-refractivity contribution in [3.05, 3.63) is 18.2 Å². The van der Waals surface area contributed by atoms with Crippen LogP contribution >= 0.6 is 0 Å². The molecular formula is C23H45N2+. The van der Waals surface area contributed by atoms with E-state index in [1.807, 2.05) is 0 Å². The number of hydrogen-bond acceptors (Lipinski definition) is 0. The van der Waals surface area contributed by atoms with E-state index in [0.29, 0.717) is 17.9 Å². The number of nitrogens with zero attached hydrogens (tertiary/aromatic N) is 1. The Bertz CT molecular complexity index is 421. The normalized spacial score (nSPS) is 14.2. The summed E-state index contributed by atoms with van der Waals surface area (Å²) in [5, 5.41) is 0. The molecule has 0 aliphatic carbocycles. The maximum absolute atomic E-state index is 3.58. The Morgan fingerprint density at radius 1 is 0.800 bits per heavy atom. The predicted molar refractivity (Wildman–Crippen MR) is 110 cm³/mol. The van der Waals surface area contributed by atoms with Crippen molar-refractivity contribution in [2.45, 2.75) is 124 Å². The van der Waals surface area contributed by atoms with Gasteiger partial charge in [0.15, 0.2) is 0 Å². The number of aromatic amines is 1. The maximum Gasteiger partial charge on any atom is 0.257 e. The molecule has 0 aliphatic heterocycles. The Labute approximate surface area is 157 Å². The van der Waals surface area contributed by atoms with Crippen LogP contribution in [0.2, 0.25) is 0 Å². The predicted octanol–water partition coefficient (Wildman–Crippen LogP) is 7.32. The van der Waals surface area contributed by atoms with Gasteiger partial charge in [-0.15, -0.1) is 0 Å². The summed E-state index contributed by atoms with van der Waals surface area (Å²) in [4.78, 5) is 3.58. The number of unbranched alkanes of at least 4 members (excludes halogenated alkanes) is 8. The van der Waals surface area contributed by atoms with E-state index in [1.165, 1.54) is 82.9 Å². The molecule has 1 N–H and O–H groups in total. The molecule has 0 fully saturated rings. The zero-order valence-electron chi connectivity index (χ0n) is 17.8. The number of rotatable bonds is 15. The molecule has 1 aromatic rings. The maximum atomic E-state index is 3.58. The van der Waals surface area contributed by atoms with Crippen LogP contribution in [0.5, 0.6) is 0 Å². The molecule has 2 heteroatoms. The average Bonchev–Trinajstić information content (AvgIpc) is 3.06. The Balaban J connectivity index is 2.48. The van der Waals surface area contributed by atoms with Crippen LogP contribution < -0.4 is 4.57 Å². The first-order valence-electron chi connectivity index (χ1n) is 11.2. The van der Waals surface area contributed by atoms with Gasteiger partial charge in [-0.1, -0.05) is 85.5 Å². The van der Waals surface area contributed by atoms with Crippen molar-refractivity contribution in [1.82, 2.24) is 4.98 Å². The first kappa shape index (κ1) is 22.3. The lowest BCUT2D eigenvalue weighted by molar-refractivity contribution is -0.727. The molecular weight excluding hydrogens is 304 g/mol. The van der Waals surface area contributed by atoms with Gasteiger partial charge in [0.1, 0.15) is 12.4 Å². The van der Waals surface area contributed by atoms with Crippen LogP contribution in [0.3, 0.4) is 0 Å². The lowest BCUT2D eigenvalue weighted by Crippen LogP contribution is -2.41. The van der Waals surface area contributed by atoms with Gasteiger partial charge in [0.25, 0.3) is 5.82 Å². The van der Waals surface area contributed by atoms with E-state index < -0.39 is 0 Å². The molecule has 0 bridgehead atoms. The van der Waals surface area contributed by atoms with Crippen LogP contribution in [0.15, 0.2) is 12.4 Å². The molecule has 0 aliphatic rings. The first-order valence-corrected chi connectivity index (χ1v) is 11.2. The zero-order chi connectivity index (χ0) is 18.5. The molecule has 2 nitrogen and oxygen atoms in total. The van der Waals surface area contributed by atoms with E-state index >= 15 is 0 Å². The Kier molecular flexibility index (Phi) is 11.9. The SMILES string of the molecule is CCCCCCCCCC(C)[n+]1cc[nH]c1C(CCCCC)C(C)C. The lowest BCUT2D eigenvalue weighted by atomic mass is 9.89. The van der Waals surface area contributed by atoms with Crippen LogP contribution in [-0.2, 0) is 0 Å². The van der Waals surface area contributed by atoms with Crippen LogP contribution in [0.1, 0.15) is 129 Å². The summed E-state index contributed by atoms with van der Waals surface area (Å²) in [6.45, 7) is 11.7. The second-order valence-electron chi connectivity index (χ2n) is 8.36. The Morgan fingerprint density at radius 3 is 2.00 bits per heavy atom. The molecule has 146 valence electrons. The van der Waals surface area contributed by atoms with E-state index in [9.17, 15) is 0 Å². The minimum absolute atomic E-state index is 0.615. The second kappa shape index (κ2) is 13.4. The average molecular weight is 350 g/mol. The molecule has 0 saturated carbocycles. The van der Waals surface area contributed by atoms with Crippen molar-refractivity contribution in [2.75, 3.05) is 0 Å². The molecule has 25 heavy (non-hydrogen) atoms. The lowest BCUT2D eigenvalue weighted by Gasteiger charge is -2.19. The largest absolute Gasteiger partial charge is 0.257 e. The number of nitrogens with one attached hydrogen (secondary N) is 1. The number of H-pyrrole nitrogens is 1. The summed E-state index contributed by atoms with van der Waals surface area (Å²) < 4.78 is 2.54. The summed E-state index contributed by atoms with van der Waals surface area (Å²) in [6.07, 6.45) is 20.9. The van der Waals surface area contributed by atoms with E-state index in [-0.39, 0.29) is 0 Å². The summed E-state index contributed by atoms with van der Waals surface area (Å²) in [7, 11) is 0. The van der Waals surface area contributed by atoms with E-state index in [1.54, 1.807) is 0 Å². The van der Waals surface area contributed by atoms with Gasteiger partial charge in [0.05, 0.1) is 12.0 Å². The highest BCUT2D eigenvalue weighted by Gasteiger charge is 2.27. The minimum atomic E-state index is 0.615. The van der Waals surface area contributed by atoms with Crippen molar-refractivity contribution in [2.24, 2.45) is 5.92 Å². The van der Waals surface area contributed by atoms with E-state index in [0.717, 1.165) is 0 Å². The van der Waals surface area contributed by atoms with Crippen molar-refractivity contribution >= 4 is 0 Å². The number of imidazole rings is 1.